The Morgan fingerprint density at radius 2 is 1.96 bits per heavy atom. The molecule has 23 heavy (non-hydrogen) atoms. The van der Waals surface area contributed by atoms with Crippen LogP contribution in [0.5, 0.6) is 0 Å². The lowest BCUT2D eigenvalue weighted by atomic mass is 10.2. The first kappa shape index (κ1) is 16.9. The molecule has 0 bridgehead atoms. The van der Waals surface area contributed by atoms with E-state index in [0.717, 1.165) is 0 Å². The van der Waals surface area contributed by atoms with Crippen molar-refractivity contribution in [3.8, 4) is 0 Å². The maximum Gasteiger partial charge on any atom is 0.329 e. The van der Waals surface area contributed by atoms with Gasteiger partial charge in [-0.3, -0.25) is 9.59 Å². The van der Waals surface area contributed by atoms with Crippen molar-refractivity contribution in [2.75, 3.05) is 11.9 Å². The van der Waals surface area contributed by atoms with Crippen LogP contribution in [0.15, 0.2) is 29.2 Å². The summed E-state index contributed by atoms with van der Waals surface area (Å²) < 4.78 is 27.0. The Bertz CT molecular complexity index is 729. The third kappa shape index (κ3) is 4.76. The van der Waals surface area contributed by atoms with E-state index in [1.54, 1.807) is 0 Å². The van der Waals surface area contributed by atoms with Crippen LogP contribution in [0.4, 0.5) is 5.69 Å². The van der Waals surface area contributed by atoms with Crippen LogP contribution in [0.2, 0.25) is 0 Å². The summed E-state index contributed by atoms with van der Waals surface area (Å²) in [4.78, 5) is 34.2. The molecule has 1 fully saturated rings. The normalized spacial score (nSPS) is 17.4. The topological polar surface area (TPSA) is 145 Å². The standard InChI is InChI=1S/C13H15N3O6S/c14-23(20,21)9-3-1-8(2-4-9)15-12(18)7-22-13(19)10-5-6-11(17)16-10/h1-4,10H,5-7H2,(H,15,18)(H,16,17)(H2,14,20,21). The number of benzene rings is 1. The number of nitrogens with one attached hydrogen (secondary N) is 2. The minimum absolute atomic E-state index is 0.0844. The first-order valence-corrected chi connectivity index (χ1v) is 8.19. The van der Waals surface area contributed by atoms with E-state index in [2.05, 4.69) is 10.6 Å². The van der Waals surface area contributed by atoms with Gasteiger partial charge in [-0.1, -0.05) is 0 Å². The largest absolute Gasteiger partial charge is 0.454 e. The molecular formula is C13H15N3O6S. The fourth-order valence-corrected chi connectivity index (χ4v) is 2.47. The highest BCUT2D eigenvalue weighted by atomic mass is 32.2. The second-order valence-electron chi connectivity index (χ2n) is 4.88. The van der Waals surface area contributed by atoms with Crippen LogP contribution < -0.4 is 15.8 Å². The van der Waals surface area contributed by atoms with E-state index < -0.39 is 34.5 Å². The van der Waals surface area contributed by atoms with Gasteiger partial charge in [0.05, 0.1) is 4.90 Å². The van der Waals surface area contributed by atoms with Crippen molar-refractivity contribution in [1.29, 1.82) is 0 Å². The Morgan fingerprint density at radius 1 is 1.30 bits per heavy atom. The Kier molecular flexibility index (Phi) is 4.96. The first-order chi connectivity index (χ1) is 10.8. The van der Waals surface area contributed by atoms with Crippen molar-refractivity contribution in [2.24, 2.45) is 5.14 Å². The van der Waals surface area contributed by atoms with Gasteiger partial charge in [-0.05, 0) is 30.7 Å². The summed E-state index contributed by atoms with van der Waals surface area (Å²) >= 11 is 0. The number of nitrogens with two attached hydrogens (primary N) is 1. The van der Waals surface area contributed by atoms with Crippen LogP contribution in [0.1, 0.15) is 12.8 Å². The molecule has 9 nitrogen and oxygen atoms in total. The third-order valence-corrected chi connectivity index (χ3v) is 4.02. The van der Waals surface area contributed by atoms with Gasteiger partial charge < -0.3 is 15.4 Å². The van der Waals surface area contributed by atoms with Crippen LogP contribution in [-0.4, -0.2) is 38.9 Å². The summed E-state index contributed by atoms with van der Waals surface area (Å²) in [6.45, 7) is -0.512. The molecule has 1 heterocycles. The van der Waals surface area contributed by atoms with Crippen molar-refractivity contribution >= 4 is 33.5 Å². The zero-order valence-corrected chi connectivity index (χ0v) is 12.8. The zero-order chi connectivity index (χ0) is 17.0. The molecule has 0 aliphatic carbocycles. The Morgan fingerprint density at radius 3 is 2.48 bits per heavy atom. The predicted octanol–water partition coefficient (Wildman–Crippen LogP) is -0.906. The SMILES string of the molecule is NS(=O)(=O)c1ccc(NC(=O)COC(=O)C2CCC(=O)N2)cc1. The number of carbonyl (C=O) groups is 3. The van der Waals surface area contributed by atoms with Crippen molar-refractivity contribution in [1.82, 2.24) is 5.32 Å². The fraction of sp³-hybridized carbons (Fsp3) is 0.308. The van der Waals surface area contributed by atoms with Gasteiger partial charge >= 0.3 is 5.97 Å². The molecule has 1 aliphatic heterocycles. The minimum atomic E-state index is -3.80. The molecular weight excluding hydrogens is 326 g/mol. The van der Waals surface area contributed by atoms with Gasteiger partial charge in [0.25, 0.3) is 5.91 Å². The molecule has 1 unspecified atom stereocenters. The van der Waals surface area contributed by atoms with E-state index in [0.29, 0.717) is 12.1 Å². The molecule has 1 aliphatic rings. The monoisotopic (exact) mass is 341 g/mol. The van der Waals surface area contributed by atoms with Crippen LogP contribution in [0, 0.1) is 0 Å². The highest BCUT2D eigenvalue weighted by Crippen LogP contribution is 2.13. The summed E-state index contributed by atoms with van der Waals surface area (Å²) in [7, 11) is -3.80. The Labute approximate surface area is 132 Å². The lowest BCUT2D eigenvalue weighted by Gasteiger charge is -2.10. The zero-order valence-electron chi connectivity index (χ0n) is 11.9. The number of ether oxygens (including phenoxy) is 1. The van der Waals surface area contributed by atoms with E-state index in [9.17, 15) is 22.8 Å². The molecule has 124 valence electrons. The van der Waals surface area contributed by atoms with Gasteiger partial charge in [0.1, 0.15) is 6.04 Å². The highest BCUT2D eigenvalue weighted by molar-refractivity contribution is 7.89. The number of hydrogen-bond acceptors (Lipinski definition) is 6. The fourth-order valence-electron chi connectivity index (χ4n) is 1.95. The quantitative estimate of drug-likeness (QED) is 0.592. The molecule has 1 atom stereocenters. The summed E-state index contributed by atoms with van der Waals surface area (Å²) in [6.07, 6.45) is 0.594. The van der Waals surface area contributed by atoms with E-state index in [-0.39, 0.29) is 17.2 Å². The Balaban J connectivity index is 1.83. The smallest absolute Gasteiger partial charge is 0.329 e. The molecule has 2 amide bonds. The van der Waals surface area contributed by atoms with Gasteiger partial charge in [-0.25, -0.2) is 18.4 Å². The van der Waals surface area contributed by atoms with Gasteiger partial charge in [-0.2, -0.15) is 0 Å². The van der Waals surface area contributed by atoms with E-state index in [4.69, 9.17) is 9.88 Å². The summed E-state index contributed by atoms with van der Waals surface area (Å²) in [5.41, 5.74) is 0.326. The molecule has 10 heteroatoms. The molecule has 4 N–H and O–H groups in total. The number of carbonyl (C=O) groups excluding carboxylic acids is 3. The predicted molar refractivity (Wildman–Crippen MR) is 78.6 cm³/mol. The van der Waals surface area contributed by atoms with Gasteiger partial charge in [-0.15, -0.1) is 0 Å². The van der Waals surface area contributed by atoms with Gasteiger partial charge in [0, 0.05) is 12.1 Å². The summed E-state index contributed by atoms with van der Waals surface area (Å²) in [6, 6.07) is 4.48. The minimum Gasteiger partial charge on any atom is -0.454 e. The molecule has 0 aromatic heterocycles. The van der Waals surface area contributed by atoms with Crippen molar-refractivity contribution in [3.63, 3.8) is 0 Å². The number of primary sulfonamides is 1. The highest BCUT2D eigenvalue weighted by Gasteiger charge is 2.28. The lowest BCUT2D eigenvalue weighted by molar-refractivity contribution is -0.149. The third-order valence-electron chi connectivity index (χ3n) is 3.09. The van der Waals surface area contributed by atoms with E-state index >= 15 is 0 Å². The van der Waals surface area contributed by atoms with E-state index in [1.807, 2.05) is 0 Å². The summed E-state index contributed by atoms with van der Waals surface area (Å²) in [5.74, 6) is -1.49. The number of hydrogen-bond donors (Lipinski definition) is 3. The molecule has 1 aromatic rings. The van der Waals surface area contributed by atoms with Crippen molar-refractivity contribution < 1.29 is 27.5 Å². The maximum absolute atomic E-state index is 11.7. The van der Waals surface area contributed by atoms with Crippen molar-refractivity contribution in [3.05, 3.63) is 24.3 Å². The van der Waals surface area contributed by atoms with Crippen LogP contribution in [0.3, 0.4) is 0 Å². The molecule has 1 saturated heterocycles. The first-order valence-electron chi connectivity index (χ1n) is 6.64. The van der Waals surface area contributed by atoms with Crippen LogP contribution in [0.25, 0.3) is 0 Å². The van der Waals surface area contributed by atoms with Crippen molar-refractivity contribution in [2.45, 2.75) is 23.8 Å². The number of esters is 1. The van der Waals surface area contributed by atoms with Crippen LogP contribution >= 0.6 is 0 Å². The van der Waals surface area contributed by atoms with Gasteiger partial charge in [0.15, 0.2) is 6.61 Å². The maximum atomic E-state index is 11.7. The summed E-state index contributed by atoms with van der Waals surface area (Å²) in [5, 5.41) is 9.83. The molecule has 0 spiro atoms. The van der Waals surface area contributed by atoms with E-state index in [1.165, 1.54) is 24.3 Å². The number of sulfonamides is 1. The molecule has 2 rings (SSSR count). The second-order valence-corrected chi connectivity index (χ2v) is 6.45. The van der Waals surface area contributed by atoms with Gasteiger partial charge in [0.2, 0.25) is 15.9 Å². The number of anilines is 1. The van der Waals surface area contributed by atoms with Crippen LogP contribution in [-0.2, 0) is 29.1 Å². The average molecular weight is 341 g/mol. The molecule has 1 aromatic carbocycles. The average Bonchev–Trinajstić information content (AvgIpc) is 2.91. The number of rotatable bonds is 5. The Hall–Kier alpha value is -2.46. The lowest BCUT2D eigenvalue weighted by Crippen LogP contribution is -2.36. The molecule has 0 radical (unpaired) electrons. The molecule has 0 saturated carbocycles. The second kappa shape index (κ2) is 6.75. The number of amides is 2.